The second-order valence-corrected chi connectivity index (χ2v) is 14.9. The Kier molecular flexibility index (Phi) is 8.27. The molecule has 1 aromatic carbocycles. The molecule has 3 N–H and O–H groups in total. The average Bonchev–Trinajstić information content (AvgIpc) is 3.76. The summed E-state index contributed by atoms with van der Waals surface area (Å²) in [6.07, 6.45) is 1.69. The summed E-state index contributed by atoms with van der Waals surface area (Å²) in [4.78, 5) is 20.4. The maximum absolute atomic E-state index is 17.4. The van der Waals surface area contributed by atoms with E-state index in [1.165, 1.54) is 0 Å². The van der Waals surface area contributed by atoms with Gasteiger partial charge in [-0.1, -0.05) is 0 Å². The predicted molar refractivity (Wildman–Crippen MR) is 179 cm³/mol. The Morgan fingerprint density at radius 2 is 1.90 bits per heavy atom. The normalized spacial score (nSPS) is 24.9. The van der Waals surface area contributed by atoms with Crippen LogP contribution >= 0.6 is 11.3 Å². The number of hydrogen-bond donors (Lipinski definition) is 2. The van der Waals surface area contributed by atoms with E-state index in [1.54, 1.807) is 6.92 Å². The molecule has 15 heteroatoms. The number of alkyl halides is 1. The molecule has 8 rings (SSSR count). The van der Waals surface area contributed by atoms with Crippen molar-refractivity contribution in [3.05, 3.63) is 34.5 Å². The number of nitriles is 1. The summed E-state index contributed by atoms with van der Waals surface area (Å²) < 4.78 is 59.5. The van der Waals surface area contributed by atoms with E-state index in [2.05, 4.69) is 24.7 Å². The van der Waals surface area contributed by atoms with Gasteiger partial charge >= 0.3 is 6.01 Å². The molecule has 4 unspecified atom stereocenters. The third-order valence-electron chi connectivity index (χ3n) is 10.4. The molecule has 0 saturated carbocycles. The van der Waals surface area contributed by atoms with Crippen molar-refractivity contribution >= 4 is 43.1 Å². The van der Waals surface area contributed by atoms with Gasteiger partial charge in [0.25, 0.3) is 0 Å². The molecule has 258 valence electrons. The van der Waals surface area contributed by atoms with Crippen LogP contribution in [0.3, 0.4) is 0 Å². The fourth-order valence-electron chi connectivity index (χ4n) is 8.26. The number of aliphatic hydroxyl groups is 1. The van der Waals surface area contributed by atoms with Gasteiger partial charge in [0, 0.05) is 61.7 Å². The highest BCUT2D eigenvalue weighted by atomic mass is 32.1. The number of likely N-dealkylation sites (tertiary alicyclic amines) is 2. The third-order valence-corrected chi connectivity index (χ3v) is 11.4. The Morgan fingerprint density at radius 1 is 1.14 bits per heavy atom. The molecule has 0 aliphatic carbocycles. The van der Waals surface area contributed by atoms with E-state index in [1.807, 2.05) is 13.1 Å². The molecule has 5 atom stereocenters. The molecule has 4 aromatic rings. The minimum absolute atomic E-state index is 0.0106. The number of nitrogens with two attached hydrogens (primary N) is 1. The van der Waals surface area contributed by atoms with Gasteiger partial charge in [0.15, 0.2) is 11.6 Å². The number of benzene rings is 1. The van der Waals surface area contributed by atoms with Gasteiger partial charge in [-0.05, 0) is 44.4 Å². The van der Waals surface area contributed by atoms with Crippen LogP contribution in [0.15, 0.2) is 6.20 Å². The number of aliphatic hydroxyl groups excluding tert-OH is 1. The number of fused-ring (bicyclic) bond motifs is 6. The summed E-state index contributed by atoms with van der Waals surface area (Å²) in [6, 6.07) is 2.09. The summed E-state index contributed by atoms with van der Waals surface area (Å²) in [5.74, 6) is -1.25. The van der Waals surface area contributed by atoms with E-state index in [0.29, 0.717) is 61.5 Å². The quantitative estimate of drug-likeness (QED) is 0.286. The lowest BCUT2D eigenvalue weighted by Gasteiger charge is -2.42. The standard InChI is InChI=1S/C34H37F3N8O3S/c1-16(46)9-44-11-18-3-4-19(12-44)45(18)33-27-22-15-47-14-21(22)25(29-26-20(7-38)32(39)49-31(26)24(36)8-40-29)28(37)30(27)41-34(42-33)48-13-17-10-43(2)6-5-23(17)35/h8,16-19,23,46H,3-6,9-15,39H2,1-2H3/t16-,17?,18?,19?,23?/m1/s1. The van der Waals surface area contributed by atoms with Crippen molar-refractivity contribution in [2.24, 2.45) is 5.92 Å². The molecule has 3 saturated heterocycles. The Hall–Kier alpha value is -3.81. The second-order valence-electron chi connectivity index (χ2n) is 13.8. The molecule has 4 aliphatic rings. The fourth-order valence-corrected chi connectivity index (χ4v) is 9.18. The first-order chi connectivity index (χ1) is 23.6. The van der Waals surface area contributed by atoms with Gasteiger partial charge < -0.3 is 30.1 Å². The number of nitrogen functional groups attached to an aromatic ring is 1. The SMILES string of the molecule is C[C@@H](O)CN1CC2CCC(C1)N2c1nc(OCC2CN(C)CCC2F)nc2c(F)c(-c3ncc(F)c4sc(N)c(C#N)c34)c3c(c12)COC3. The zero-order valence-electron chi connectivity index (χ0n) is 27.3. The Bertz CT molecular complexity index is 1990. The van der Waals surface area contributed by atoms with Gasteiger partial charge in [-0.25, -0.2) is 13.2 Å². The Morgan fingerprint density at radius 3 is 2.63 bits per heavy atom. The first kappa shape index (κ1) is 32.4. The van der Waals surface area contributed by atoms with Crippen molar-refractivity contribution in [1.29, 1.82) is 5.26 Å². The Labute approximate surface area is 285 Å². The maximum atomic E-state index is 17.4. The summed E-state index contributed by atoms with van der Waals surface area (Å²) >= 11 is 0.917. The summed E-state index contributed by atoms with van der Waals surface area (Å²) in [7, 11) is 1.94. The van der Waals surface area contributed by atoms with E-state index in [9.17, 15) is 19.1 Å². The molecule has 11 nitrogen and oxygen atoms in total. The largest absolute Gasteiger partial charge is 0.463 e. The average molecular weight is 695 g/mol. The molecule has 2 bridgehead atoms. The van der Waals surface area contributed by atoms with Crippen LogP contribution in [-0.2, 0) is 18.0 Å². The number of pyridine rings is 1. The summed E-state index contributed by atoms with van der Waals surface area (Å²) in [5, 5.41) is 20.8. The summed E-state index contributed by atoms with van der Waals surface area (Å²) in [6.45, 7) is 5.16. The molecule has 0 radical (unpaired) electrons. The van der Waals surface area contributed by atoms with Crippen molar-refractivity contribution in [1.82, 2.24) is 24.8 Å². The molecule has 0 spiro atoms. The van der Waals surface area contributed by atoms with Crippen LogP contribution in [0, 0.1) is 28.9 Å². The minimum Gasteiger partial charge on any atom is -0.463 e. The Balaban J connectivity index is 1.32. The maximum Gasteiger partial charge on any atom is 0.319 e. The van der Waals surface area contributed by atoms with E-state index >= 15 is 4.39 Å². The van der Waals surface area contributed by atoms with Crippen molar-refractivity contribution in [3.8, 4) is 23.3 Å². The number of nitrogens with zero attached hydrogens (tertiary/aromatic N) is 7. The zero-order valence-corrected chi connectivity index (χ0v) is 28.1. The monoisotopic (exact) mass is 694 g/mol. The number of piperidine rings is 1. The number of β-amino-alcohol motifs (C(OH)–C–C–N with tert-alkyl or cyclic N) is 1. The van der Waals surface area contributed by atoms with E-state index < -0.39 is 29.8 Å². The predicted octanol–water partition coefficient (Wildman–Crippen LogP) is 4.37. The van der Waals surface area contributed by atoms with E-state index in [4.69, 9.17) is 20.2 Å². The topological polar surface area (TPSA) is 137 Å². The number of thiophene rings is 1. The number of rotatable bonds is 7. The van der Waals surface area contributed by atoms with Crippen LogP contribution in [0.5, 0.6) is 6.01 Å². The van der Waals surface area contributed by atoms with Crippen LogP contribution in [0.25, 0.3) is 32.2 Å². The highest BCUT2D eigenvalue weighted by Crippen LogP contribution is 2.48. The van der Waals surface area contributed by atoms with Crippen molar-refractivity contribution in [2.75, 3.05) is 57.0 Å². The van der Waals surface area contributed by atoms with Crippen molar-refractivity contribution < 1.29 is 27.8 Å². The highest BCUT2D eigenvalue weighted by Gasteiger charge is 2.43. The lowest BCUT2D eigenvalue weighted by atomic mass is 9.93. The van der Waals surface area contributed by atoms with Crippen LogP contribution in [0.1, 0.15) is 42.9 Å². The molecule has 49 heavy (non-hydrogen) atoms. The lowest BCUT2D eigenvalue weighted by molar-refractivity contribution is 0.0664. The molecular weight excluding hydrogens is 657 g/mol. The third kappa shape index (κ3) is 5.45. The molecule has 3 fully saturated rings. The fraction of sp³-hybridized carbons (Fsp3) is 0.529. The second kappa shape index (κ2) is 12.5. The first-order valence-corrected chi connectivity index (χ1v) is 17.5. The van der Waals surface area contributed by atoms with Crippen LogP contribution < -0.4 is 15.4 Å². The van der Waals surface area contributed by atoms with Gasteiger partial charge in [0.2, 0.25) is 0 Å². The van der Waals surface area contributed by atoms with Gasteiger partial charge in [-0.15, -0.1) is 11.3 Å². The molecule has 4 aliphatic heterocycles. The number of piperazine rings is 1. The van der Waals surface area contributed by atoms with Gasteiger partial charge in [0.05, 0.1) is 53.5 Å². The van der Waals surface area contributed by atoms with Crippen LogP contribution in [-0.4, -0.2) is 101 Å². The van der Waals surface area contributed by atoms with E-state index in [-0.39, 0.29) is 75.3 Å². The first-order valence-electron chi connectivity index (χ1n) is 16.7. The van der Waals surface area contributed by atoms with Crippen LogP contribution in [0.2, 0.25) is 0 Å². The molecule has 3 aromatic heterocycles. The number of hydrogen-bond acceptors (Lipinski definition) is 12. The van der Waals surface area contributed by atoms with Crippen LogP contribution in [0.4, 0.5) is 24.0 Å². The molecule has 0 amide bonds. The molecule has 7 heterocycles. The van der Waals surface area contributed by atoms with Gasteiger partial charge in [-0.3, -0.25) is 9.88 Å². The smallest absolute Gasteiger partial charge is 0.319 e. The number of halogens is 3. The molecular formula is C34H37F3N8O3S. The van der Waals surface area contributed by atoms with Gasteiger partial charge in [0.1, 0.15) is 28.6 Å². The highest BCUT2D eigenvalue weighted by molar-refractivity contribution is 7.23. The number of ether oxygens (including phenoxy) is 2. The van der Waals surface area contributed by atoms with Crippen molar-refractivity contribution in [2.45, 2.75) is 63.8 Å². The number of anilines is 2. The van der Waals surface area contributed by atoms with Crippen molar-refractivity contribution in [3.63, 3.8) is 0 Å². The van der Waals surface area contributed by atoms with Gasteiger partial charge in [-0.2, -0.15) is 15.2 Å². The lowest BCUT2D eigenvalue weighted by Crippen LogP contribution is -2.55. The van der Waals surface area contributed by atoms with E-state index in [0.717, 1.165) is 30.4 Å². The zero-order chi connectivity index (χ0) is 34.1. The number of aromatic nitrogens is 3. The summed E-state index contributed by atoms with van der Waals surface area (Å²) in [5.41, 5.74) is 7.52. The minimum atomic E-state index is -1.04.